The van der Waals surface area contributed by atoms with Crippen LogP contribution in [0.1, 0.15) is 12.5 Å². The van der Waals surface area contributed by atoms with Crippen molar-refractivity contribution in [3.8, 4) is 5.75 Å². The molecule has 0 aromatic heterocycles. The summed E-state index contributed by atoms with van der Waals surface area (Å²) in [5, 5.41) is 12.7. The van der Waals surface area contributed by atoms with Crippen molar-refractivity contribution in [1.82, 2.24) is 5.32 Å². The number of fused-ring (bicyclic) bond motifs is 1. The maximum absolute atomic E-state index is 13.2. The summed E-state index contributed by atoms with van der Waals surface area (Å²) in [5.41, 5.74) is 1.34. The normalized spacial score (nSPS) is 15.0. The zero-order valence-corrected chi connectivity index (χ0v) is 20.5. The van der Waals surface area contributed by atoms with Crippen molar-refractivity contribution in [2.45, 2.75) is 6.92 Å². The van der Waals surface area contributed by atoms with Crippen LogP contribution in [-0.2, 0) is 9.59 Å². The van der Waals surface area contributed by atoms with Gasteiger partial charge in [0.2, 0.25) is 0 Å². The molecule has 6 nitrogen and oxygen atoms in total. The van der Waals surface area contributed by atoms with Gasteiger partial charge in [0.1, 0.15) is 5.75 Å². The Bertz CT molecular complexity index is 1210. The molecule has 1 heterocycles. The Morgan fingerprint density at radius 3 is 2.56 bits per heavy atom. The van der Waals surface area contributed by atoms with Gasteiger partial charge in [-0.05, 0) is 58.1 Å². The van der Waals surface area contributed by atoms with Crippen LogP contribution in [0.3, 0.4) is 0 Å². The van der Waals surface area contributed by atoms with E-state index in [-0.39, 0.29) is 35.5 Å². The summed E-state index contributed by atoms with van der Waals surface area (Å²) in [4.78, 5) is 26.0. The second-order valence-corrected chi connectivity index (χ2v) is 7.40. The van der Waals surface area contributed by atoms with Crippen LogP contribution in [0, 0.1) is 11.9 Å². The Hall–Kier alpha value is -2.65. The van der Waals surface area contributed by atoms with Gasteiger partial charge in [-0.3, -0.25) is 14.6 Å². The van der Waals surface area contributed by atoms with Gasteiger partial charge in [-0.25, -0.2) is 4.39 Å². The molecule has 0 saturated carbocycles. The average molecular weight is 460 g/mol. The molecule has 32 heavy (non-hydrogen) atoms. The van der Waals surface area contributed by atoms with Gasteiger partial charge in [-0.1, -0.05) is 18.2 Å². The minimum atomic E-state index is -0.833. The first-order chi connectivity index (χ1) is 14.8. The first-order valence-corrected chi connectivity index (χ1v) is 9.90. The molecule has 0 atom stereocenters. The fourth-order valence-corrected chi connectivity index (χ4v) is 3.55. The maximum Gasteiger partial charge on any atom is 1.00 e. The van der Waals surface area contributed by atoms with Gasteiger partial charge in [-0.15, -0.1) is 18.2 Å². The Morgan fingerprint density at radius 2 is 1.88 bits per heavy atom. The number of benzene rings is 3. The number of amidine groups is 1. The zero-order valence-electron chi connectivity index (χ0n) is 17.7. The van der Waals surface area contributed by atoms with E-state index in [1.165, 1.54) is 23.9 Å². The Labute approximate surface area is 210 Å². The van der Waals surface area contributed by atoms with Gasteiger partial charge >= 0.3 is 29.6 Å². The summed E-state index contributed by atoms with van der Waals surface area (Å²) < 4.78 is 18.5. The third-order valence-corrected chi connectivity index (χ3v) is 4.91. The number of carboxylic acids is 1. The molecule has 0 bridgehead atoms. The van der Waals surface area contributed by atoms with E-state index in [0.717, 1.165) is 29.0 Å². The number of carboxylic acid groups (broad SMARTS) is 1. The number of hydrogen-bond acceptors (Lipinski definition) is 5. The van der Waals surface area contributed by atoms with Gasteiger partial charge in [0.25, 0.3) is 11.9 Å². The summed E-state index contributed by atoms with van der Waals surface area (Å²) in [6.45, 7) is 1.08. The van der Waals surface area contributed by atoms with E-state index >= 15 is 0 Å². The van der Waals surface area contributed by atoms with Crippen LogP contribution >= 0.6 is 11.8 Å². The number of nitrogens with one attached hydrogen (secondary N) is 1. The molecule has 1 aliphatic heterocycles. The molecule has 9 heteroatoms. The predicted molar refractivity (Wildman–Crippen MR) is 120 cm³/mol. The number of aliphatic carboxylic acids is 1. The SMILES string of the molecule is CC(=O)O.COc1ccc2cc(/C=C3\SC(=Nc4cc[c-]c(F)c4)NC3=O)ccc2c1.[Na+]. The van der Waals surface area contributed by atoms with E-state index in [2.05, 4.69) is 16.4 Å². The van der Waals surface area contributed by atoms with Gasteiger partial charge in [0.05, 0.1) is 12.0 Å². The van der Waals surface area contributed by atoms with Crippen LogP contribution in [0.15, 0.2) is 64.5 Å². The number of carbonyl (C=O) groups is 2. The average Bonchev–Trinajstić information content (AvgIpc) is 3.05. The number of hydrogen-bond donors (Lipinski definition) is 2. The van der Waals surface area contributed by atoms with Crippen molar-refractivity contribution in [2.24, 2.45) is 4.99 Å². The molecule has 0 spiro atoms. The molecule has 1 aliphatic rings. The minimum Gasteiger partial charge on any atom is -0.497 e. The number of halogens is 1. The standard InChI is InChI=1S/C21H14FN2O2S.C2H4O2.Na/c1-26-18-8-7-14-9-13(5-6-15(14)11-18)10-19-20(25)24-21(27-19)23-17-4-2-3-16(22)12-17;1-2(3)4;/h2,4-12H,1H3,(H,23,24,25);1H3,(H,3,4);/q-1;;+1/b19-10-;;. The number of carbonyl (C=O) groups excluding carboxylic acids is 1. The number of aliphatic imine (C=N–C) groups is 1. The van der Waals surface area contributed by atoms with Crippen LogP contribution < -0.4 is 39.6 Å². The van der Waals surface area contributed by atoms with Crippen LogP contribution in [0.25, 0.3) is 16.8 Å². The third-order valence-electron chi connectivity index (χ3n) is 4.00. The Kier molecular flexibility index (Phi) is 9.46. The smallest absolute Gasteiger partial charge is 0.497 e. The van der Waals surface area contributed by atoms with Crippen molar-refractivity contribution in [1.29, 1.82) is 0 Å². The zero-order chi connectivity index (χ0) is 22.4. The second kappa shape index (κ2) is 11.8. The first-order valence-electron chi connectivity index (χ1n) is 9.08. The Morgan fingerprint density at radius 1 is 1.19 bits per heavy atom. The molecule has 0 aliphatic carbocycles. The molecule has 3 aromatic carbocycles. The van der Waals surface area contributed by atoms with Crippen molar-refractivity contribution in [3.63, 3.8) is 0 Å². The number of nitrogens with zero attached hydrogens (tertiary/aromatic N) is 1. The van der Waals surface area contributed by atoms with E-state index in [4.69, 9.17) is 14.6 Å². The van der Waals surface area contributed by atoms with Gasteiger partial charge < -0.3 is 15.2 Å². The minimum absolute atomic E-state index is 0. The van der Waals surface area contributed by atoms with Crippen molar-refractivity contribution in [2.75, 3.05) is 7.11 Å². The summed E-state index contributed by atoms with van der Waals surface area (Å²) >= 11 is 1.22. The third kappa shape index (κ3) is 7.20. The fraction of sp³-hybridized carbons (Fsp3) is 0.0870. The maximum atomic E-state index is 13.2. The molecule has 0 radical (unpaired) electrons. The second-order valence-electron chi connectivity index (χ2n) is 6.37. The van der Waals surface area contributed by atoms with Gasteiger partial charge in [0.15, 0.2) is 5.17 Å². The van der Waals surface area contributed by atoms with Crippen LogP contribution in [-0.4, -0.2) is 29.3 Å². The first kappa shape index (κ1) is 25.6. The quantitative estimate of drug-likeness (QED) is 0.354. The molecule has 4 rings (SSSR count). The predicted octanol–water partition coefficient (Wildman–Crippen LogP) is 1.77. The molecule has 3 aromatic rings. The van der Waals surface area contributed by atoms with E-state index in [1.54, 1.807) is 13.2 Å². The van der Waals surface area contributed by atoms with Gasteiger partial charge in [-0.2, -0.15) is 6.07 Å². The van der Waals surface area contributed by atoms with Gasteiger partial charge in [0, 0.05) is 12.7 Å². The molecule has 1 fully saturated rings. The largest absolute Gasteiger partial charge is 1.00 e. The molecule has 0 unspecified atom stereocenters. The number of amides is 1. The van der Waals surface area contributed by atoms with Crippen molar-refractivity contribution in [3.05, 3.63) is 76.9 Å². The monoisotopic (exact) mass is 460 g/mol. The molecule has 1 amide bonds. The molecule has 2 N–H and O–H groups in total. The fourth-order valence-electron chi connectivity index (χ4n) is 2.70. The number of thioether (sulfide) groups is 1. The Balaban J connectivity index is 0.000000672. The number of methoxy groups -OCH3 is 1. The van der Waals surface area contributed by atoms with Crippen LogP contribution in [0.4, 0.5) is 10.1 Å². The topological polar surface area (TPSA) is 88.0 Å². The summed E-state index contributed by atoms with van der Waals surface area (Å²) in [7, 11) is 1.64. The van der Waals surface area contributed by atoms with Crippen LogP contribution in [0.2, 0.25) is 0 Å². The van der Waals surface area contributed by atoms with Crippen molar-refractivity contribution >= 4 is 51.3 Å². The molecule has 1 saturated heterocycles. The van der Waals surface area contributed by atoms with Crippen LogP contribution in [0.5, 0.6) is 5.75 Å². The molecule has 158 valence electrons. The van der Waals surface area contributed by atoms with E-state index in [0.29, 0.717) is 15.8 Å². The van der Waals surface area contributed by atoms with E-state index < -0.39 is 11.8 Å². The van der Waals surface area contributed by atoms with Crippen molar-refractivity contribution < 1.29 is 53.4 Å². The summed E-state index contributed by atoms with van der Waals surface area (Å²) in [6, 6.07) is 18.5. The number of rotatable bonds is 3. The summed E-state index contributed by atoms with van der Waals surface area (Å²) in [6.07, 6.45) is 1.81. The molecular weight excluding hydrogens is 442 g/mol. The molecular formula is C23H18FN2NaO4S. The summed E-state index contributed by atoms with van der Waals surface area (Å²) in [5.74, 6) is -0.749. The van der Waals surface area contributed by atoms with E-state index in [1.807, 2.05) is 42.5 Å². The van der Waals surface area contributed by atoms with E-state index in [9.17, 15) is 9.18 Å². The number of ether oxygens (including phenoxy) is 1.